The van der Waals surface area contributed by atoms with E-state index in [1.165, 1.54) is 6.08 Å². The molecule has 2 aromatic carbocycles. The third-order valence-electron chi connectivity index (χ3n) is 2.46. The second-order valence-corrected chi connectivity index (χ2v) is 3.80. The molecule has 0 aromatic heterocycles. The largest absolute Gasteiger partial charge is 0.431 e. The summed E-state index contributed by atoms with van der Waals surface area (Å²) in [5.41, 5.74) is 0.994. The Labute approximate surface area is 111 Å². The van der Waals surface area contributed by atoms with Crippen LogP contribution in [0.5, 0.6) is 0 Å². The Hall–Kier alpha value is -2.68. The molecule has 0 aliphatic carbocycles. The monoisotopic (exact) mass is 252 g/mol. The zero-order valence-electron chi connectivity index (χ0n) is 10.2. The number of carbonyl (C=O) groups is 2. The summed E-state index contributed by atoms with van der Waals surface area (Å²) in [7, 11) is 0. The number of allylic oxidation sites excluding steroid dienone is 1. The van der Waals surface area contributed by atoms with Gasteiger partial charge in [0, 0.05) is 11.6 Å². The van der Waals surface area contributed by atoms with Gasteiger partial charge in [-0.1, -0.05) is 48.5 Å². The smallest absolute Gasteiger partial charge is 0.342 e. The maximum absolute atomic E-state index is 11.7. The number of benzene rings is 2. The molecule has 0 N–H and O–H groups in total. The first-order valence-electron chi connectivity index (χ1n) is 5.79. The highest BCUT2D eigenvalue weighted by Crippen LogP contribution is 2.03. The number of esters is 1. The van der Waals surface area contributed by atoms with E-state index in [2.05, 4.69) is 0 Å². The lowest BCUT2D eigenvalue weighted by molar-refractivity contribution is 0.0662. The number of carbonyl (C=O) groups excluding carboxylic acids is 2. The van der Waals surface area contributed by atoms with E-state index in [0.29, 0.717) is 11.1 Å². The van der Waals surface area contributed by atoms with E-state index in [1.54, 1.807) is 48.5 Å². The van der Waals surface area contributed by atoms with Gasteiger partial charge in [0.05, 0.1) is 11.8 Å². The first-order chi connectivity index (χ1) is 9.27. The summed E-state index contributed by atoms with van der Waals surface area (Å²) in [6.07, 6.45) is 2.35. The van der Waals surface area contributed by atoms with Crippen LogP contribution in [-0.4, -0.2) is 11.8 Å². The fourth-order valence-corrected chi connectivity index (χ4v) is 1.50. The minimum Gasteiger partial charge on any atom is -0.431 e. The molecule has 0 heterocycles. The van der Waals surface area contributed by atoms with E-state index < -0.39 is 5.97 Å². The number of hydrogen-bond acceptors (Lipinski definition) is 3. The lowest BCUT2D eigenvalue weighted by Gasteiger charge is -1.98. The second-order valence-electron chi connectivity index (χ2n) is 3.80. The second kappa shape index (κ2) is 6.31. The van der Waals surface area contributed by atoms with Gasteiger partial charge in [0.15, 0.2) is 5.78 Å². The van der Waals surface area contributed by atoms with Crippen molar-refractivity contribution in [1.29, 1.82) is 0 Å². The van der Waals surface area contributed by atoms with Crippen molar-refractivity contribution in [2.75, 3.05) is 0 Å². The van der Waals surface area contributed by atoms with Crippen molar-refractivity contribution in [3.63, 3.8) is 0 Å². The van der Waals surface area contributed by atoms with Crippen LogP contribution in [0.3, 0.4) is 0 Å². The van der Waals surface area contributed by atoms with Gasteiger partial charge in [-0.3, -0.25) is 4.79 Å². The van der Waals surface area contributed by atoms with Gasteiger partial charge in [0.2, 0.25) is 0 Å². The van der Waals surface area contributed by atoms with Gasteiger partial charge in [-0.25, -0.2) is 4.79 Å². The predicted molar refractivity (Wildman–Crippen MR) is 71.8 cm³/mol. The van der Waals surface area contributed by atoms with Gasteiger partial charge in [-0.05, 0) is 12.1 Å². The lowest BCUT2D eigenvalue weighted by atomic mass is 10.1. The van der Waals surface area contributed by atoms with Crippen molar-refractivity contribution in [2.45, 2.75) is 0 Å². The summed E-state index contributed by atoms with van der Waals surface area (Å²) >= 11 is 0. The molecular weight excluding hydrogens is 240 g/mol. The highest BCUT2D eigenvalue weighted by atomic mass is 16.5. The minimum absolute atomic E-state index is 0.207. The molecule has 0 amide bonds. The van der Waals surface area contributed by atoms with Crippen molar-refractivity contribution in [1.82, 2.24) is 0 Å². The molecule has 0 unspecified atom stereocenters. The van der Waals surface area contributed by atoms with Crippen LogP contribution in [0.2, 0.25) is 0 Å². The highest BCUT2D eigenvalue weighted by molar-refractivity contribution is 6.04. The van der Waals surface area contributed by atoms with Gasteiger partial charge in [-0.15, -0.1) is 0 Å². The molecule has 0 saturated carbocycles. The normalized spacial score (nSPS) is 10.3. The van der Waals surface area contributed by atoms with Gasteiger partial charge in [-0.2, -0.15) is 0 Å². The molecule has 0 bridgehead atoms. The zero-order valence-corrected chi connectivity index (χ0v) is 10.2. The van der Waals surface area contributed by atoms with Crippen LogP contribution >= 0.6 is 0 Å². The van der Waals surface area contributed by atoms with E-state index in [9.17, 15) is 9.59 Å². The van der Waals surface area contributed by atoms with E-state index in [4.69, 9.17) is 4.74 Å². The van der Waals surface area contributed by atoms with Crippen LogP contribution < -0.4 is 0 Å². The molecule has 2 rings (SSSR count). The number of rotatable bonds is 4. The first kappa shape index (κ1) is 12.8. The third-order valence-corrected chi connectivity index (χ3v) is 2.46. The van der Waals surface area contributed by atoms with Crippen molar-refractivity contribution >= 4 is 11.8 Å². The lowest BCUT2D eigenvalue weighted by Crippen LogP contribution is -2.01. The van der Waals surface area contributed by atoms with Gasteiger partial charge in [0.1, 0.15) is 0 Å². The average Bonchev–Trinajstić information content (AvgIpc) is 2.49. The molecule has 0 aliphatic heterocycles. The Morgan fingerprint density at radius 3 is 1.89 bits per heavy atom. The first-order valence-corrected chi connectivity index (χ1v) is 5.79. The number of ether oxygens (including phenoxy) is 1. The summed E-state index contributed by atoms with van der Waals surface area (Å²) in [5, 5.41) is 0. The van der Waals surface area contributed by atoms with E-state index in [1.807, 2.05) is 12.1 Å². The van der Waals surface area contributed by atoms with Crippen LogP contribution in [0.1, 0.15) is 20.7 Å². The summed E-state index contributed by atoms with van der Waals surface area (Å²) < 4.78 is 4.88. The maximum atomic E-state index is 11.7. The predicted octanol–water partition coefficient (Wildman–Crippen LogP) is 3.24. The molecule has 0 aliphatic rings. The standard InChI is InChI=1S/C16H12O3/c17-15(13-7-3-1-4-8-13)11-12-19-16(18)14-9-5-2-6-10-14/h1-12H/b12-11+. The van der Waals surface area contributed by atoms with Crippen molar-refractivity contribution in [3.8, 4) is 0 Å². The molecule has 19 heavy (non-hydrogen) atoms. The SMILES string of the molecule is O=C(/C=C/OC(=O)c1ccccc1)c1ccccc1. The molecule has 0 radical (unpaired) electrons. The molecule has 0 spiro atoms. The zero-order chi connectivity index (χ0) is 13.5. The molecule has 0 fully saturated rings. The summed E-state index contributed by atoms with van der Waals surface area (Å²) in [4.78, 5) is 23.3. The van der Waals surface area contributed by atoms with Crippen LogP contribution in [0, 0.1) is 0 Å². The summed E-state index contributed by atoms with van der Waals surface area (Å²) in [6, 6.07) is 17.4. The van der Waals surface area contributed by atoms with Crippen LogP contribution in [-0.2, 0) is 4.74 Å². The van der Waals surface area contributed by atoms with Crippen LogP contribution in [0.4, 0.5) is 0 Å². The molecule has 0 saturated heterocycles. The third kappa shape index (κ3) is 3.64. The minimum atomic E-state index is -0.488. The van der Waals surface area contributed by atoms with Crippen molar-refractivity contribution in [2.24, 2.45) is 0 Å². The average molecular weight is 252 g/mol. The Balaban J connectivity index is 1.94. The van der Waals surface area contributed by atoms with Crippen molar-refractivity contribution < 1.29 is 14.3 Å². The Morgan fingerprint density at radius 1 is 0.789 bits per heavy atom. The van der Waals surface area contributed by atoms with Gasteiger partial charge >= 0.3 is 5.97 Å². The topological polar surface area (TPSA) is 43.4 Å². The number of hydrogen-bond donors (Lipinski definition) is 0. The molecule has 2 aromatic rings. The fourth-order valence-electron chi connectivity index (χ4n) is 1.50. The van der Waals surface area contributed by atoms with E-state index in [-0.39, 0.29) is 5.78 Å². The van der Waals surface area contributed by atoms with E-state index >= 15 is 0 Å². The quantitative estimate of drug-likeness (QED) is 0.363. The maximum Gasteiger partial charge on any atom is 0.342 e. The van der Waals surface area contributed by atoms with Crippen LogP contribution in [0.25, 0.3) is 0 Å². The van der Waals surface area contributed by atoms with Crippen LogP contribution in [0.15, 0.2) is 73.0 Å². The van der Waals surface area contributed by atoms with Gasteiger partial charge in [0.25, 0.3) is 0 Å². The Morgan fingerprint density at radius 2 is 1.32 bits per heavy atom. The highest BCUT2D eigenvalue weighted by Gasteiger charge is 2.04. The number of ketones is 1. The summed E-state index contributed by atoms with van der Waals surface area (Å²) in [5.74, 6) is -0.695. The Bertz CT molecular complexity index is 586. The molecular formula is C16H12O3. The fraction of sp³-hybridized carbons (Fsp3) is 0. The molecule has 3 nitrogen and oxygen atoms in total. The molecule has 3 heteroatoms. The van der Waals surface area contributed by atoms with Gasteiger partial charge < -0.3 is 4.74 Å². The molecule has 0 atom stereocenters. The molecule has 94 valence electrons. The van der Waals surface area contributed by atoms with Crippen molar-refractivity contribution in [3.05, 3.63) is 84.1 Å². The van der Waals surface area contributed by atoms with E-state index in [0.717, 1.165) is 6.26 Å². The summed E-state index contributed by atoms with van der Waals surface area (Å²) in [6.45, 7) is 0. The Kier molecular flexibility index (Phi) is 4.24.